The van der Waals surface area contributed by atoms with Gasteiger partial charge in [0.15, 0.2) is 11.7 Å². The molecular weight excluding hydrogens is 583 g/mol. The Balaban J connectivity index is 1.34. The Bertz CT molecular complexity index is 2000. The van der Waals surface area contributed by atoms with E-state index in [1.807, 2.05) is 0 Å². The van der Waals surface area contributed by atoms with E-state index in [1.165, 1.54) is 39.1 Å². The van der Waals surface area contributed by atoms with Gasteiger partial charge in [-0.15, -0.1) is 0 Å². The summed E-state index contributed by atoms with van der Waals surface area (Å²) in [6.45, 7) is 9.57. The summed E-state index contributed by atoms with van der Waals surface area (Å²) in [5, 5.41) is 0. The molecule has 0 bridgehead atoms. The van der Waals surface area contributed by atoms with E-state index in [0.29, 0.717) is 0 Å². The quantitative estimate of drug-likeness (QED) is 0.155. The van der Waals surface area contributed by atoms with Crippen LogP contribution in [0.15, 0.2) is 146 Å². The third kappa shape index (κ3) is 5.19. The molecule has 0 saturated carbocycles. The Hall–Kier alpha value is -5.15. The number of fused-ring (bicyclic) bond motifs is 3. The zero-order chi connectivity index (χ0) is 33.5. The molecule has 5 aromatic carbocycles. The van der Waals surface area contributed by atoms with Gasteiger partial charge in [-0.2, -0.15) is 4.57 Å². The average molecular weight is 629 g/mol. The Morgan fingerprint density at radius 2 is 1.06 bits per heavy atom. The van der Waals surface area contributed by atoms with Crippen LogP contribution >= 0.6 is 0 Å². The van der Waals surface area contributed by atoms with Gasteiger partial charge in [0.1, 0.15) is 0 Å². The summed E-state index contributed by atoms with van der Waals surface area (Å²) in [5.41, 5.74) is 13.5. The number of rotatable bonds is 8. The van der Waals surface area contributed by atoms with Crippen molar-refractivity contribution >= 4 is 22.7 Å². The highest BCUT2D eigenvalue weighted by atomic mass is 15.1. The number of nitrogens with zero attached hydrogens (tertiary/aromatic N) is 3. The van der Waals surface area contributed by atoms with Gasteiger partial charge in [-0.1, -0.05) is 80.6 Å². The van der Waals surface area contributed by atoms with Gasteiger partial charge in [0.05, 0.1) is 11.0 Å². The molecule has 0 amide bonds. The highest BCUT2D eigenvalue weighted by molar-refractivity contribution is 5.83. The number of hydrogen-bond donors (Lipinski definition) is 0. The maximum Gasteiger partial charge on any atom is 0.213 e. The van der Waals surface area contributed by atoms with Crippen molar-refractivity contribution in [3.63, 3.8) is 0 Å². The SMILES string of the molecule is CCC1(C)c2ccc(-c3cccc(-c4cc(N(C)c5ccccc5)cc(N(C)c5ccccc5)c4)c3)cc2-c2cccc[n+]2C1(C)CC. The van der Waals surface area contributed by atoms with Gasteiger partial charge in [0.2, 0.25) is 5.69 Å². The van der Waals surface area contributed by atoms with Crippen molar-refractivity contribution in [3.05, 3.63) is 151 Å². The third-order valence-electron chi connectivity index (χ3n) is 11.4. The second-order valence-corrected chi connectivity index (χ2v) is 13.6. The molecule has 0 N–H and O–H groups in total. The molecule has 1 aliphatic rings. The van der Waals surface area contributed by atoms with Crippen molar-refractivity contribution < 1.29 is 4.57 Å². The molecule has 0 aliphatic carbocycles. The van der Waals surface area contributed by atoms with Crippen LogP contribution in [0.25, 0.3) is 33.5 Å². The number of hydrogen-bond acceptors (Lipinski definition) is 2. The fourth-order valence-corrected chi connectivity index (χ4v) is 7.83. The number of para-hydroxylation sites is 2. The van der Waals surface area contributed by atoms with E-state index < -0.39 is 0 Å². The van der Waals surface area contributed by atoms with Crippen LogP contribution in [-0.4, -0.2) is 14.1 Å². The van der Waals surface area contributed by atoms with Crippen molar-refractivity contribution in [3.8, 4) is 33.5 Å². The Morgan fingerprint density at radius 3 is 1.65 bits per heavy atom. The minimum atomic E-state index is -0.00464. The average Bonchev–Trinajstić information content (AvgIpc) is 3.16. The first-order valence-corrected chi connectivity index (χ1v) is 17.3. The van der Waals surface area contributed by atoms with E-state index in [4.69, 9.17) is 0 Å². The summed E-state index contributed by atoms with van der Waals surface area (Å²) in [5.74, 6) is 0. The zero-order valence-electron chi connectivity index (χ0n) is 29.1. The zero-order valence-corrected chi connectivity index (χ0v) is 29.1. The first-order chi connectivity index (χ1) is 23.3. The van der Waals surface area contributed by atoms with Gasteiger partial charge in [0, 0.05) is 62.3 Å². The molecular formula is C45H46N3+. The molecule has 0 fully saturated rings. The molecule has 2 heterocycles. The highest BCUT2D eigenvalue weighted by Gasteiger charge is 2.56. The molecule has 0 spiro atoms. The van der Waals surface area contributed by atoms with Gasteiger partial charge in [-0.05, 0) is 102 Å². The van der Waals surface area contributed by atoms with Crippen molar-refractivity contribution in [2.24, 2.45) is 0 Å². The molecule has 1 aromatic heterocycles. The molecule has 240 valence electrons. The Morgan fingerprint density at radius 1 is 0.500 bits per heavy atom. The van der Waals surface area contributed by atoms with Gasteiger partial charge in [-0.25, -0.2) is 0 Å². The summed E-state index contributed by atoms with van der Waals surface area (Å²) in [7, 11) is 4.29. The van der Waals surface area contributed by atoms with Crippen LogP contribution in [0.4, 0.5) is 22.7 Å². The molecule has 2 unspecified atom stereocenters. The number of anilines is 4. The molecule has 6 aromatic rings. The maximum atomic E-state index is 2.54. The Labute approximate surface area is 286 Å². The predicted octanol–water partition coefficient (Wildman–Crippen LogP) is 11.3. The lowest BCUT2D eigenvalue weighted by Gasteiger charge is -2.46. The summed E-state index contributed by atoms with van der Waals surface area (Å²) in [4.78, 5) is 4.53. The minimum Gasteiger partial charge on any atom is -0.345 e. The smallest absolute Gasteiger partial charge is 0.213 e. The van der Waals surface area contributed by atoms with Crippen LogP contribution in [0.3, 0.4) is 0 Å². The van der Waals surface area contributed by atoms with E-state index >= 15 is 0 Å². The van der Waals surface area contributed by atoms with E-state index in [9.17, 15) is 0 Å². The third-order valence-corrected chi connectivity index (χ3v) is 11.4. The minimum absolute atomic E-state index is 0.00464. The second-order valence-electron chi connectivity index (χ2n) is 13.6. The summed E-state index contributed by atoms with van der Waals surface area (Å²) in [6, 6.07) is 50.9. The molecule has 3 nitrogen and oxygen atoms in total. The van der Waals surface area contributed by atoms with E-state index in [2.05, 4.69) is 202 Å². The van der Waals surface area contributed by atoms with Gasteiger partial charge in [0.25, 0.3) is 0 Å². The van der Waals surface area contributed by atoms with Crippen molar-refractivity contribution in [1.82, 2.24) is 0 Å². The summed E-state index contributed by atoms with van der Waals surface area (Å²) < 4.78 is 2.54. The normalized spacial score (nSPS) is 18.1. The monoisotopic (exact) mass is 628 g/mol. The second kappa shape index (κ2) is 12.5. The molecule has 2 atom stereocenters. The van der Waals surface area contributed by atoms with Crippen molar-refractivity contribution in [1.29, 1.82) is 0 Å². The van der Waals surface area contributed by atoms with Crippen LogP contribution in [0, 0.1) is 0 Å². The fourth-order valence-electron chi connectivity index (χ4n) is 7.83. The van der Waals surface area contributed by atoms with E-state index in [1.54, 1.807) is 0 Å². The topological polar surface area (TPSA) is 10.4 Å². The number of aromatic nitrogens is 1. The first kappa shape index (κ1) is 31.4. The molecule has 0 radical (unpaired) electrons. The van der Waals surface area contributed by atoms with E-state index in [-0.39, 0.29) is 11.0 Å². The number of pyridine rings is 1. The van der Waals surface area contributed by atoms with Crippen LogP contribution in [-0.2, 0) is 11.0 Å². The van der Waals surface area contributed by atoms with E-state index in [0.717, 1.165) is 35.6 Å². The fraction of sp³-hybridized carbons (Fsp3) is 0.222. The maximum absolute atomic E-state index is 2.54. The lowest BCUT2D eigenvalue weighted by atomic mass is 9.60. The largest absolute Gasteiger partial charge is 0.345 e. The molecule has 48 heavy (non-hydrogen) atoms. The molecule has 7 rings (SSSR count). The highest BCUT2D eigenvalue weighted by Crippen LogP contribution is 2.50. The van der Waals surface area contributed by atoms with Gasteiger partial charge in [-0.3, -0.25) is 0 Å². The lowest BCUT2D eigenvalue weighted by molar-refractivity contribution is -0.765. The molecule has 1 aliphatic heterocycles. The summed E-state index contributed by atoms with van der Waals surface area (Å²) in [6.07, 6.45) is 4.43. The number of benzene rings is 5. The van der Waals surface area contributed by atoms with Crippen LogP contribution in [0.1, 0.15) is 46.1 Å². The van der Waals surface area contributed by atoms with Gasteiger partial charge >= 0.3 is 0 Å². The first-order valence-electron chi connectivity index (χ1n) is 17.3. The van der Waals surface area contributed by atoms with Crippen LogP contribution in [0.2, 0.25) is 0 Å². The summed E-state index contributed by atoms with van der Waals surface area (Å²) >= 11 is 0. The Kier molecular flexibility index (Phi) is 8.17. The van der Waals surface area contributed by atoms with Crippen LogP contribution in [0.5, 0.6) is 0 Å². The molecule has 0 saturated heterocycles. The standard InChI is InChI=1S/C45H46N3/c1-7-44(3)42-26-25-35(31-41(42)43-24-15-16-27-48(43)45(44,4)8-2)33-18-17-19-34(28-33)36-29-39(46(5)37-20-11-9-12-21-37)32-40(30-36)47(6)38-22-13-10-14-23-38/h9-32H,7-8H2,1-6H3/q+1. The van der Waals surface area contributed by atoms with Gasteiger partial charge < -0.3 is 9.80 Å². The van der Waals surface area contributed by atoms with Crippen molar-refractivity contribution in [2.75, 3.05) is 23.9 Å². The molecule has 3 heteroatoms. The lowest BCUT2D eigenvalue weighted by Crippen LogP contribution is -2.67. The predicted molar refractivity (Wildman–Crippen MR) is 204 cm³/mol. The van der Waals surface area contributed by atoms with Crippen LogP contribution < -0.4 is 14.4 Å². The van der Waals surface area contributed by atoms with Crippen molar-refractivity contribution in [2.45, 2.75) is 51.5 Å².